The maximum atomic E-state index is 12.5. The summed E-state index contributed by atoms with van der Waals surface area (Å²) in [6.45, 7) is 2.13. The molecule has 1 aromatic heterocycles. The molecule has 0 bridgehead atoms. The first-order valence-corrected chi connectivity index (χ1v) is 9.03. The average Bonchev–Trinajstić information content (AvgIpc) is 3.18. The summed E-state index contributed by atoms with van der Waals surface area (Å²) in [5, 5.41) is 2.87. The van der Waals surface area contributed by atoms with Crippen LogP contribution >= 0.6 is 15.9 Å². The van der Waals surface area contributed by atoms with Crippen molar-refractivity contribution in [1.82, 2.24) is 4.98 Å². The molecule has 2 heterocycles. The fourth-order valence-electron chi connectivity index (χ4n) is 3.11. The van der Waals surface area contributed by atoms with E-state index >= 15 is 0 Å². The van der Waals surface area contributed by atoms with Crippen molar-refractivity contribution in [2.75, 3.05) is 16.8 Å². The van der Waals surface area contributed by atoms with Crippen LogP contribution in [0.4, 0.5) is 11.4 Å². The first-order chi connectivity index (χ1) is 12.5. The smallest absolute Gasteiger partial charge is 0.229 e. The molecular formula is C19H16BrN3O3. The Morgan fingerprint density at radius 3 is 2.81 bits per heavy atom. The Kier molecular flexibility index (Phi) is 4.24. The molecule has 0 spiro atoms. The molecular weight excluding hydrogens is 398 g/mol. The molecule has 0 saturated carbocycles. The van der Waals surface area contributed by atoms with E-state index in [4.69, 9.17) is 4.42 Å². The zero-order chi connectivity index (χ0) is 18.3. The second kappa shape index (κ2) is 6.57. The average molecular weight is 414 g/mol. The van der Waals surface area contributed by atoms with Crippen molar-refractivity contribution in [3.8, 4) is 0 Å². The number of hydrogen-bond acceptors (Lipinski definition) is 4. The zero-order valence-electron chi connectivity index (χ0n) is 14.0. The quantitative estimate of drug-likeness (QED) is 0.706. The first kappa shape index (κ1) is 16.8. The van der Waals surface area contributed by atoms with Gasteiger partial charge in [-0.15, -0.1) is 0 Å². The predicted molar refractivity (Wildman–Crippen MR) is 102 cm³/mol. The summed E-state index contributed by atoms with van der Waals surface area (Å²) in [5.41, 5.74) is 2.83. The van der Waals surface area contributed by atoms with Gasteiger partial charge in [0.15, 0.2) is 11.5 Å². The lowest BCUT2D eigenvalue weighted by molar-refractivity contribution is -0.122. The van der Waals surface area contributed by atoms with Gasteiger partial charge < -0.3 is 14.6 Å². The number of fused-ring (bicyclic) bond motifs is 1. The van der Waals surface area contributed by atoms with E-state index in [0.717, 1.165) is 10.2 Å². The highest BCUT2D eigenvalue weighted by Crippen LogP contribution is 2.29. The minimum Gasteiger partial charge on any atom is -0.441 e. The van der Waals surface area contributed by atoms with Gasteiger partial charge in [0.05, 0.1) is 5.92 Å². The largest absolute Gasteiger partial charge is 0.441 e. The van der Waals surface area contributed by atoms with Gasteiger partial charge in [-0.2, -0.15) is 0 Å². The molecule has 0 radical (unpaired) electrons. The highest BCUT2D eigenvalue weighted by molar-refractivity contribution is 9.10. The molecule has 132 valence electrons. The Morgan fingerprint density at radius 1 is 1.27 bits per heavy atom. The molecule has 26 heavy (non-hydrogen) atoms. The van der Waals surface area contributed by atoms with E-state index in [1.54, 1.807) is 17.9 Å². The van der Waals surface area contributed by atoms with Gasteiger partial charge in [-0.25, -0.2) is 4.98 Å². The summed E-state index contributed by atoms with van der Waals surface area (Å²) < 4.78 is 6.41. The number of hydrogen-bond donors (Lipinski definition) is 1. The van der Waals surface area contributed by atoms with Crippen LogP contribution in [-0.2, 0) is 9.59 Å². The van der Waals surface area contributed by atoms with E-state index in [1.165, 1.54) is 0 Å². The summed E-state index contributed by atoms with van der Waals surface area (Å²) in [4.78, 5) is 30.9. The van der Waals surface area contributed by atoms with Crippen molar-refractivity contribution in [1.29, 1.82) is 0 Å². The predicted octanol–water partition coefficient (Wildman–Crippen LogP) is 3.89. The monoisotopic (exact) mass is 413 g/mol. The van der Waals surface area contributed by atoms with Gasteiger partial charge in [-0.3, -0.25) is 9.59 Å². The third kappa shape index (κ3) is 3.22. The first-order valence-electron chi connectivity index (χ1n) is 8.23. The number of carbonyl (C=O) groups is 2. The Hall–Kier alpha value is -2.67. The lowest BCUT2D eigenvalue weighted by Gasteiger charge is -2.16. The van der Waals surface area contributed by atoms with Crippen molar-refractivity contribution in [2.24, 2.45) is 5.92 Å². The third-order valence-corrected chi connectivity index (χ3v) is 4.93. The van der Waals surface area contributed by atoms with E-state index in [1.807, 2.05) is 36.4 Å². The van der Waals surface area contributed by atoms with Gasteiger partial charge >= 0.3 is 0 Å². The van der Waals surface area contributed by atoms with Crippen LogP contribution in [0.1, 0.15) is 12.3 Å². The Morgan fingerprint density at radius 2 is 2.04 bits per heavy atom. The minimum absolute atomic E-state index is 0.0690. The Labute approximate surface area is 158 Å². The zero-order valence-corrected chi connectivity index (χ0v) is 15.6. The van der Waals surface area contributed by atoms with Gasteiger partial charge in [-0.1, -0.05) is 15.9 Å². The topological polar surface area (TPSA) is 75.4 Å². The fraction of sp³-hybridized carbons (Fsp3) is 0.211. The molecule has 0 unspecified atom stereocenters. The summed E-state index contributed by atoms with van der Waals surface area (Å²) in [6, 6.07) is 12.8. The van der Waals surface area contributed by atoms with Crippen molar-refractivity contribution >= 4 is 50.2 Å². The van der Waals surface area contributed by atoms with Gasteiger partial charge in [-0.05, 0) is 42.5 Å². The molecule has 1 aliphatic rings. The number of aryl methyl sites for hydroxylation is 1. The molecule has 6 nitrogen and oxygen atoms in total. The van der Waals surface area contributed by atoms with Crippen molar-refractivity contribution in [2.45, 2.75) is 13.3 Å². The van der Waals surface area contributed by atoms with E-state index in [9.17, 15) is 9.59 Å². The number of oxazole rings is 1. The highest BCUT2D eigenvalue weighted by Gasteiger charge is 2.35. The van der Waals surface area contributed by atoms with E-state index in [-0.39, 0.29) is 24.2 Å². The van der Waals surface area contributed by atoms with Crippen LogP contribution in [0, 0.1) is 12.8 Å². The number of anilines is 2. The van der Waals surface area contributed by atoms with Crippen LogP contribution < -0.4 is 10.2 Å². The lowest BCUT2D eigenvalue weighted by atomic mass is 10.1. The molecule has 7 heteroatoms. The van der Waals surface area contributed by atoms with Gasteiger partial charge in [0.25, 0.3) is 0 Å². The minimum atomic E-state index is -0.388. The number of rotatable bonds is 3. The molecule has 1 saturated heterocycles. The van der Waals surface area contributed by atoms with E-state index < -0.39 is 0 Å². The van der Waals surface area contributed by atoms with Crippen molar-refractivity contribution < 1.29 is 14.0 Å². The SMILES string of the molecule is Cc1nc2cc(N3C[C@H](C(=O)Nc4ccc(Br)cc4)CC3=O)ccc2o1. The summed E-state index contributed by atoms with van der Waals surface area (Å²) in [6.07, 6.45) is 0.193. The van der Waals surface area contributed by atoms with Crippen LogP contribution in [0.3, 0.4) is 0 Å². The van der Waals surface area contributed by atoms with Crippen molar-refractivity contribution in [3.63, 3.8) is 0 Å². The van der Waals surface area contributed by atoms with Crippen LogP contribution in [0.25, 0.3) is 11.1 Å². The molecule has 1 fully saturated rings. The van der Waals surface area contributed by atoms with E-state index in [2.05, 4.69) is 26.2 Å². The summed E-state index contributed by atoms with van der Waals surface area (Å²) in [7, 11) is 0. The second-order valence-corrected chi connectivity index (χ2v) is 7.20. The molecule has 2 aromatic carbocycles. The number of benzene rings is 2. The normalized spacial score (nSPS) is 17.1. The number of nitrogens with zero attached hydrogens (tertiary/aromatic N) is 2. The van der Waals surface area contributed by atoms with Gasteiger partial charge in [0, 0.05) is 35.7 Å². The van der Waals surface area contributed by atoms with Crippen LogP contribution in [0.15, 0.2) is 51.4 Å². The number of amides is 2. The standard InChI is InChI=1S/C19H16BrN3O3/c1-11-21-16-9-15(6-7-17(16)26-11)23-10-12(8-18(23)24)19(25)22-14-4-2-13(20)3-5-14/h2-7,9,12H,8,10H2,1H3,(H,22,25)/t12-/m1/s1. The fourth-order valence-corrected chi connectivity index (χ4v) is 3.37. The van der Waals surface area contributed by atoms with Gasteiger partial charge in [0.2, 0.25) is 11.8 Å². The molecule has 1 aliphatic heterocycles. The van der Waals surface area contributed by atoms with Crippen LogP contribution in [0.5, 0.6) is 0 Å². The Bertz CT molecular complexity index is 997. The molecule has 4 rings (SSSR count). The number of halogens is 1. The highest BCUT2D eigenvalue weighted by atomic mass is 79.9. The second-order valence-electron chi connectivity index (χ2n) is 6.29. The van der Waals surface area contributed by atoms with E-state index in [0.29, 0.717) is 29.2 Å². The molecule has 0 aliphatic carbocycles. The van der Waals surface area contributed by atoms with Crippen molar-refractivity contribution in [3.05, 3.63) is 52.8 Å². The number of carbonyl (C=O) groups excluding carboxylic acids is 2. The maximum Gasteiger partial charge on any atom is 0.229 e. The molecule has 3 aromatic rings. The lowest BCUT2D eigenvalue weighted by Crippen LogP contribution is -2.28. The molecule has 1 atom stereocenters. The van der Waals surface area contributed by atoms with Gasteiger partial charge in [0.1, 0.15) is 5.52 Å². The summed E-state index contributed by atoms with van der Waals surface area (Å²) >= 11 is 3.36. The maximum absolute atomic E-state index is 12.5. The van der Waals surface area contributed by atoms with Crippen LogP contribution in [-0.4, -0.2) is 23.3 Å². The molecule has 2 amide bonds. The van der Waals surface area contributed by atoms with Crippen LogP contribution in [0.2, 0.25) is 0 Å². The third-order valence-electron chi connectivity index (χ3n) is 4.40. The molecule has 1 N–H and O–H groups in total. The number of aromatic nitrogens is 1. The Balaban J connectivity index is 1.50. The number of nitrogens with one attached hydrogen (secondary N) is 1. The summed E-state index contributed by atoms with van der Waals surface area (Å²) in [5.74, 6) is -0.0282.